The van der Waals surface area contributed by atoms with Gasteiger partial charge in [-0.05, 0) is 35.4 Å². The molecular weight excluding hydrogens is 341 g/mol. The molecule has 0 aromatic heterocycles. The Bertz CT molecular complexity index is 698. The van der Waals surface area contributed by atoms with Gasteiger partial charge in [-0.25, -0.2) is 9.18 Å². The zero-order chi connectivity index (χ0) is 17.6. The number of hydrogen-bond acceptors (Lipinski definition) is 2. The van der Waals surface area contributed by atoms with Gasteiger partial charge < -0.3 is 10.2 Å². The molecule has 0 spiro atoms. The number of urea groups is 1. The molecule has 2 amide bonds. The average Bonchev–Trinajstić information content (AvgIpc) is 2.63. The molecule has 1 aliphatic heterocycles. The fourth-order valence-electron chi connectivity index (χ4n) is 2.85. The fourth-order valence-corrected chi connectivity index (χ4v) is 2.97. The summed E-state index contributed by atoms with van der Waals surface area (Å²) < 4.78 is 12.9. The van der Waals surface area contributed by atoms with Crippen LogP contribution < -0.4 is 5.32 Å². The normalized spacial score (nSPS) is 15.2. The Morgan fingerprint density at radius 1 is 0.960 bits per heavy atom. The van der Waals surface area contributed by atoms with E-state index in [1.165, 1.54) is 17.7 Å². The van der Waals surface area contributed by atoms with Gasteiger partial charge in [0.25, 0.3) is 0 Å². The molecule has 0 radical (unpaired) electrons. The molecule has 0 atom stereocenters. The topological polar surface area (TPSA) is 35.6 Å². The lowest BCUT2D eigenvalue weighted by Gasteiger charge is -2.34. The summed E-state index contributed by atoms with van der Waals surface area (Å²) in [5, 5.41) is 3.63. The van der Waals surface area contributed by atoms with Crippen molar-refractivity contribution in [1.29, 1.82) is 0 Å². The van der Waals surface area contributed by atoms with Crippen LogP contribution in [0.25, 0.3) is 0 Å². The number of amides is 2. The summed E-state index contributed by atoms with van der Waals surface area (Å²) >= 11 is 5.91. The smallest absolute Gasteiger partial charge is 0.317 e. The number of carbonyl (C=O) groups is 1. The van der Waals surface area contributed by atoms with E-state index in [4.69, 9.17) is 11.6 Å². The van der Waals surface area contributed by atoms with Crippen LogP contribution in [0.3, 0.4) is 0 Å². The van der Waals surface area contributed by atoms with Crippen LogP contribution in [0.4, 0.5) is 9.18 Å². The van der Waals surface area contributed by atoms with Crippen LogP contribution in [0, 0.1) is 5.82 Å². The highest BCUT2D eigenvalue weighted by Crippen LogP contribution is 2.13. The number of nitrogens with one attached hydrogen (secondary N) is 1. The predicted molar refractivity (Wildman–Crippen MR) is 96.9 cm³/mol. The number of hydrogen-bond donors (Lipinski definition) is 1. The first kappa shape index (κ1) is 17.7. The molecule has 2 aromatic rings. The van der Waals surface area contributed by atoms with Crippen LogP contribution in [0.5, 0.6) is 0 Å². The molecule has 1 aliphatic rings. The summed E-state index contributed by atoms with van der Waals surface area (Å²) in [4.78, 5) is 16.4. The summed E-state index contributed by atoms with van der Waals surface area (Å²) in [6, 6.07) is 13.9. The Morgan fingerprint density at radius 3 is 2.20 bits per heavy atom. The van der Waals surface area contributed by atoms with Crippen LogP contribution in [0.2, 0.25) is 5.02 Å². The van der Waals surface area contributed by atoms with Crippen LogP contribution in [0.15, 0.2) is 48.5 Å². The molecule has 1 fully saturated rings. The second-order valence-corrected chi connectivity index (χ2v) is 6.61. The molecule has 0 aliphatic carbocycles. The van der Waals surface area contributed by atoms with Gasteiger partial charge in [-0.1, -0.05) is 35.9 Å². The van der Waals surface area contributed by atoms with E-state index < -0.39 is 0 Å². The number of halogens is 2. The highest BCUT2D eigenvalue weighted by molar-refractivity contribution is 6.30. The Labute approximate surface area is 152 Å². The monoisotopic (exact) mass is 361 g/mol. The van der Waals surface area contributed by atoms with E-state index >= 15 is 0 Å². The zero-order valence-corrected chi connectivity index (χ0v) is 14.7. The molecule has 6 heteroatoms. The Hall–Kier alpha value is -2.11. The van der Waals surface area contributed by atoms with Crippen LogP contribution in [0.1, 0.15) is 11.1 Å². The van der Waals surface area contributed by atoms with Crippen molar-refractivity contribution in [3.05, 3.63) is 70.5 Å². The number of rotatable bonds is 4. The van der Waals surface area contributed by atoms with Gasteiger partial charge in [0.05, 0.1) is 0 Å². The van der Waals surface area contributed by atoms with E-state index in [0.29, 0.717) is 19.6 Å². The van der Waals surface area contributed by atoms with E-state index in [2.05, 4.69) is 10.2 Å². The second-order valence-electron chi connectivity index (χ2n) is 6.17. The van der Waals surface area contributed by atoms with E-state index in [-0.39, 0.29) is 11.8 Å². The van der Waals surface area contributed by atoms with Gasteiger partial charge in [0, 0.05) is 44.3 Å². The third-order valence-corrected chi connectivity index (χ3v) is 4.59. The van der Waals surface area contributed by atoms with E-state index in [0.717, 1.165) is 30.2 Å². The minimum absolute atomic E-state index is 0.0736. The standard InChI is InChI=1S/C19H21ClFN3O/c20-17-5-1-16(2-6-17)14-23-9-11-24(12-10-23)19(25)22-13-15-3-7-18(21)8-4-15/h1-8H,9-14H2,(H,22,25). The SMILES string of the molecule is O=C(NCc1ccc(F)cc1)N1CCN(Cc2ccc(Cl)cc2)CC1. The van der Waals surface area contributed by atoms with Crippen molar-refractivity contribution < 1.29 is 9.18 Å². The molecule has 4 nitrogen and oxygen atoms in total. The van der Waals surface area contributed by atoms with Gasteiger partial charge in [0.2, 0.25) is 0 Å². The van der Waals surface area contributed by atoms with Gasteiger partial charge in [-0.15, -0.1) is 0 Å². The lowest BCUT2D eigenvalue weighted by atomic mass is 10.2. The highest BCUT2D eigenvalue weighted by Gasteiger charge is 2.20. The minimum Gasteiger partial charge on any atom is -0.334 e. The summed E-state index contributed by atoms with van der Waals surface area (Å²) in [5.41, 5.74) is 2.11. The molecule has 132 valence electrons. The van der Waals surface area contributed by atoms with Gasteiger partial charge in [0.1, 0.15) is 5.82 Å². The molecule has 25 heavy (non-hydrogen) atoms. The summed E-state index contributed by atoms with van der Waals surface area (Å²) in [5.74, 6) is -0.271. The average molecular weight is 362 g/mol. The number of piperazine rings is 1. The van der Waals surface area contributed by atoms with Crippen molar-refractivity contribution >= 4 is 17.6 Å². The first-order chi connectivity index (χ1) is 12.1. The molecule has 2 aromatic carbocycles. The molecule has 0 unspecified atom stereocenters. The third kappa shape index (κ3) is 5.18. The number of benzene rings is 2. The summed E-state index contributed by atoms with van der Waals surface area (Å²) in [6.07, 6.45) is 0. The van der Waals surface area contributed by atoms with Crippen LogP contribution >= 0.6 is 11.6 Å². The second kappa shape index (κ2) is 8.32. The minimum atomic E-state index is -0.271. The number of nitrogens with zero attached hydrogens (tertiary/aromatic N) is 2. The van der Waals surface area contributed by atoms with Crippen molar-refractivity contribution in [1.82, 2.24) is 15.1 Å². The zero-order valence-electron chi connectivity index (χ0n) is 13.9. The van der Waals surface area contributed by atoms with Crippen LogP contribution in [-0.4, -0.2) is 42.0 Å². The van der Waals surface area contributed by atoms with Crippen molar-refractivity contribution in [2.24, 2.45) is 0 Å². The van der Waals surface area contributed by atoms with Gasteiger partial charge in [0.15, 0.2) is 0 Å². The highest BCUT2D eigenvalue weighted by atomic mass is 35.5. The molecular formula is C19H21ClFN3O. The van der Waals surface area contributed by atoms with E-state index in [9.17, 15) is 9.18 Å². The Balaban J connectivity index is 1.42. The van der Waals surface area contributed by atoms with Crippen molar-refractivity contribution in [3.63, 3.8) is 0 Å². The third-order valence-electron chi connectivity index (χ3n) is 4.34. The number of carbonyl (C=O) groups excluding carboxylic acids is 1. The lowest BCUT2D eigenvalue weighted by molar-refractivity contribution is 0.135. The molecule has 0 saturated carbocycles. The van der Waals surface area contributed by atoms with Gasteiger partial charge in [-0.2, -0.15) is 0 Å². The maximum Gasteiger partial charge on any atom is 0.317 e. The Morgan fingerprint density at radius 2 is 1.56 bits per heavy atom. The van der Waals surface area contributed by atoms with Crippen molar-refractivity contribution in [2.75, 3.05) is 26.2 Å². The largest absolute Gasteiger partial charge is 0.334 e. The molecule has 1 N–H and O–H groups in total. The maximum absolute atomic E-state index is 12.9. The Kier molecular flexibility index (Phi) is 5.89. The first-order valence-corrected chi connectivity index (χ1v) is 8.72. The van der Waals surface area contributed by atoms with Crippen LogP contribution in [-0.2, 0) is 13.1 Å². The fraction of sp³-hybridized carbons (Fsp3) is 0.316. The quantitative estimate of drug-likeness (QED) is 0.904. The van der Waals surface area contributed by atoms with Crippen molar-refractivity contribution in [2.45, 2.75) is 13.1 Å². The molecule has 0 bridgehead atoms. The summed E-state index contributed by atoms with van der Waals surface area (Å²) in [6.45, 7) is 4.34. The molecule has 1 heterocycles. The van der Waals surface area contributed by atoms with E-state index in [1.807, 2.05) is 29.2 Å². The van der Waals surface area contributed by atoms with Gasteiger partial charge >= 0.3 is 6.03 Å². The van der Waals surface area contributed by atoms with Gasteiger partial charge in [-0.3, -0.25) is 4.90 Å². The maximum atomic E-state index is 12.9. The predicted octanol–water partition coefficient (Wildman–Crippen LogP) is 3.51. The molecule has 1 saturated heterocycles. The first-order valence-electron chi connectivity index (χ1n) is 8.34. The lowest BCUT2D eigenvalue weighted by Crippen LogP contribution is -2.51. The molecule has 3 rings (SSSR count). The van der Waals surface area contributed by atoms with E-state index in [1.54, 1.807) is 12.1 Å². The summed E-state index contributed by atoms with van der Waals surface area (Å²) in [7, 11) is 0. The van der Waals surface area contributed by atoms with Crippen molar-refractivity contribution in [3.8, 4) is 0 Å².